The number of hydrogen-bond donors (Lipinski definition) is 3. The van der Waals surface area contributed by atoms with Crippen LogP contribution in [0.5, 0.6) is 5.75 Å². The van der Waals surface area contributed by atoms with Gasteiger partial charge in [0.1, 0.15) is 22.9 Å². The topological polar surface area (TPSA) is 224 Å². The van der Waals surface area contributed by atoms with Crippen molar-refractivity contribution in [1.82, 2.24) is 4.98 Å². The molecule has 0 radical (unpaired) electrons. The molecule has 0 fully saturated rings. The monoisotopic (exact) mass is 1030 g/mol. The number of Topliss-reactive ketones (excluding diaryl/α,β-unsaturated/α-hetero) is 1. The molecule has 1 aromatic heterocycles. The summed E-state index contributed by atoms with van der Waals surface area (Å²) in [5, 5.41) is 13.2. The van der Waals surface area contributed by atoms with Gasteiger partial charge >= 0.3 is 5.97 Å². The summed E-state index contributed by atoms with van der Waals surface area (Å²) in [6.07, 6.45) is 1.18. The number of nitrogens with zero attached hydrogens (tertiary/aromatic N) is 2. The predicted molar refractivity (Wildman–Crippen MR) is 280 cm³/mol. The first kappa shape index (κ1) is 52.3. The fraction of sp³-hybridized carbons (Fsp3) is 0.241. The van der Waals surface area contributed by atoms with E-state index in [2.05, 4.69) is 60.4 Å². The van der Waals surface area contributed by atoms with Crippen LogP contribution in [0.2, 0.25) is 5.02 Å². The van der Waals surface area contributed by atoms with Crippen LogP contribution >= 0.6 is 11.6 Å². The molecule has 0 bridgehead atoms. The summed E-state index contributed by atoms with van der Waals surface area (Å²) in [4.78, 5) is 46.2. The van der Waals surface area contributed by atoms with E-state index in [1.54, 1.807) is 49.4 Å². The van der Waals surface area contributed by atoms with Crippen LogP contribution < -0.4 is 19.5 Å². The van der Waals surface area contributed by atoms with Crippen LogP contribution in [0.4, 0.5) is 17.1 Å². The minimum Gasteiger partial charge on any atom is -0.497 e. The van der Waals surface area contributed by atoms with Gasteiger partial charge in [0.05, 0.1) is 46.8 Å². The summed E-state index contributed by atoms with van der Waals surface area (Å²) in [6, 6.07) is 31.8. The van der Waals surface area contributed by atoms with Gasteiger partial charge in [0.25, 0.3) is 15.9 Å². The number of ether oxygens (including phenoxy) is 2. The molecular weight excluding hydrogens is 978 g/mol. The lowest BCUT2D eigenvalue weighted by atomic mass is 9.72. The smallest absolute Gasteiger partial charge is 0.311 e. The molecular formula is C54H52ClN5O10S2. The number of sulfonamides is 2. The molecule has 18 heteroatoms. The Kier molecular flexibility index (Phi) is 15.0. The lowest BCUT2D eigenvalue weighted by Crippen LogP contribution is -2.39. The van der Waals surface area contributed by atoms with E-state index in [0.717, 1.165) is 18.2 Å². The maximum Gasteiger partial charge on any atom is 0.311 e. The zero-order valence-corrected chi connectivity index (χ0v) is 43.1. The standard InChI is InChI=1S/C54H52ClN5O10S2/c1-32-25-33(13-14-35(32)27-36(30-56)52-58-45-28-37(17-23-46(45)69-52)54(5,6)31-53(2,3)4)26-48(61)70-50(49(62)34-15-19-39(68-7)20-16-34)51(63)57-44-29-38(18-21-42(44)55)59-72(66,67)47-24-22-43(60-71(8,64)65)40-11-9-10-12-41(40)47/h9-25,27-29,50,59-60H,26,31H2,1-8H3,(H,57,63)/b36-27+. The number of halogens is 1. The van der Waals surface area contributed by atoms with E-state index >= 15 is 0 Å². The molecule has 1 amide bonds. The Hall–Kier alpha value is -7.52. The molecule has 15 nitrogen and oxygen atoms in total. The van der Waals surface area contributed by atoms with Crippen LogP contribution in [-0.2, 0) is 46.2 Å². The van der Waals surface area contributed by atoms with Crippen molar-refractivity contribution in [3.05, 3.63) is 154 Å². The maximum atomic E-state index is 14.1. The van der Waals surface area contributed by atoms with Gasteiger partial charge in [-0.3, -0.25) is 23.8 Å². The number of amides is 1. The van der Waals surface area contributed by atoms with E-state index in [9.17, 15) is 36.5 Å². The fourth-order valence-corrected chi connectivity index (χ4v) is 10.6. The van der Waals surface area contributed by atoms with E-state index in [0.29, 0.717) is 38.9 Å². The van der Waals surface area contributed by atoms with Gasteiger partial charge in [0, 0.05) is 16.3 Å². The Morgan fingerprint density at radius 2 is 1.56 bits per heavy atom. The number of ketones is 1. The first-order chi connectivity index (χ1) is 33.8. The van der Waals surface area contributed by atoms with Crippen LogP contribution in [0.25, 0.3) is 33.5 Å². The minimum absolute atomic E-state index is 0.0189. The Balaban J connectivity index is 1.10. The number of benzene rings is 6. The van der Waals surface area contributed by atoms with E-state index in [1.807, 2.05) is 18.2 Å². The molecule has 372 valence electrons. The lowest BCUT2D eigenvalue weighted by molar-refractivity contribution is -0.150. The molecule has 72 heavy (non-hydrogen) atoms. The molecule has 7 aromatic rings. The Labute approximate surface area is 423 Å². The number of hydrogen-bond acceptors (Lipinski definition) is 12. The fourth-order valence-electron chi connectivity index (χ4n) is 8.56. The van der Waals surface area contributed by atoms with Gasteiger partial charge in [-0.05, 0) is 119 Å². The molecule has 1 heterocycles. The summed E-state index contributed by atoms with van der Waals surface area (Å²) >= 11 is 6.50. The van der Waals surface area contributed by atoms with Crippen molar-refractivity contribution in [1.29, 1.82) is 5.26 Å². The number of rotatable bonds is 17. The number of carbonyl (C=O) groups is 3. The number of allylic oxidation sites excluding steroid dienone is 1. The van der Waals surface area contributed by atoms with Crippen molar-refractivity contribution in [2.45, 2.75) is 70.8 Å². The highest BCUT2D eigenvalue weighted by Crippen LogP contribution is 2.38. The molecule has 6 aromatic carbocycles. The minimum atomic E-state index is -4.36. The van der Waals surface area contributed by atoms with Crippen molar-refractivity contribution in [2.24, 2.45) is 5.41 Å². The van der Waals surface area contributed by atoms with E-state index < -0.39 is 43.8 Å². The highest BCUT2D eigenvalue weighted by Gasteiger charge is 2.33. The molecule has 0 aliphatic carbocycles. The Morgan fingerprint density at radius 3 is 2.21 bits per heavy atom. The van der Waals surface area contributed by atoms with Crippen LogP contribution in [0, 0.1) is 23.7 Å². The van der Waals surface area contributed by atoms with E-state index in [-0.39, 0.29) is 66.6 Å². The van der Waals surface area contributed by atoms with Crippen molar-refractivity contribution >= 4 is 99.9 Å². The number of nitriles is 1. The summed E-state index contributed by atoms with van der Waals surface area (Å²) < 4.78 is 73.5. The number of esters is 1. The number of oxazole rings is 1. The predicted octanol–water partition coefficient (Wildman–Crippen LogP) is 10.9. The van der Waals surface area contributed by atoms with Gasteiger partial charge in [0.15, 0.2) is 5.58 Å². The van der Waals surface area contributed by atoms with Crippen LogP contribution in [0.15, 0.2) is 125 Å². The summed E-state index contributed by atoms with van der Waals surface area (Å²) in [6.45, 7) is 12.8. The van der Waals surface area contributed by atoms with Crippen LogP contribution in [-0.4, -0.2) is 58.9 Å². The maximum absolute atomic E-state index is 14.1. The lowest BCUT2D eigenvalue weighted by Gasteiger charge is -2.32. The van der Waals surface area contributed by atoms with Gasteiger partial charge in [-0.15, -0.1) is 0 Å². The molecule has 7 rings (SSSR count). The Bertz CT molecular complexity index is 3580. The van der Waals surface area contributed by atoms with Gasteiger partial charge in [-0.1, -0.05) is 94.8 Å². The van der Waals surface area contributed by atoms with Crippen molar-refractivity contribution in [3.8, 4) is 11.8 Å². The van der Waals surface area contributed by atoms with Crippen molar-refractivity contribution in [3.63, 3.8) is 0 Å². The highest BCUT2D eigenvalue weighted by molar-refractivity contribution is 7.93. The molecule has 1 unspecified atom stereocenters. The van der Waals surface area contributed by atoms with Gasteiger partial charge in [0.2, 0.25) is 27.8 Å². The second-order valence-corrected chi connectivity index (χ2v) is 22.9. The zero-order chi connectivity index (χ0) is 52.3. The summed E-state index contributed by atoms with van der Waals surface area (Å²) in [5.41, 5.74) is 4.31. The number of anilines is 3. The highest BCUT2D eigenvalue weighted by atomic mass is 35.5. The SMILES string of the molecule is COc1ccc(C(=O)C(OC(=O)Cc2ccc(/C=C(\C#N)c3nc4cc(C(C)(C)CC(C)(C)C)ccc4o3)c(C)c2)C(=O)Nc2cc(NS(=O)(=O)c3ccc(NS(C)(=O)=O)c4ccccc34)ccc2Cl)cc1. The number of fused-ring (bicyclic) bond motifs is 2. The molecule has 0 aliphatic heterocycles. The Morgan fingerprint density at radius 1 is 0.847 bits per heavy atom. The molecule has 0 spiro atoms. The second kappa shape index (κ2) is 20.7. The molecule has 3 N–H and O–H groups in total. The van der Waals surface area contributed by atoms with E-state index in [1.165, 1.54) is 67.8 Å². The van der Waals surface area contributed by atoms with Crippen LogP contribution in [0.3, 0.4) is 0 Å². The van der Waals surface area contributed by atoms with Gasteiger partial charge in [-0.2, -0.15) is 5.26 Å². The van der Waals surface area contributed by atoms with Crippen molar-refractivity contribution in [2.75, 3.05) is 28.1 Å². The van der Waals surface area contributed by atoms with Gasteiger partial charge in [-0.25, -0.2) is 21.8 Å². The largest absolute Gasteiger partial charge is 0.497 e. The summed E-state index contributed by atoms with van der Waals surface area (Å²) in [7, 11) is -6.61. The molecule has 0 saturated carbocycles. The second-order valence-electron chi connectivity index (χ2n) is 19.1. The molecule has 0 aliphatic rings. The van der Waals surface area contributed by atoms with E-state index in [4.69, 9.17) is 25.5 Å². The third-order valence-electron chi connectivity index (χ3n) is 11.5. The summed E-state index contributed by atoms with van der Waals surface area (Å²) in [5.74, 6) is -2.30. The normalized spacial score (nSPS) is 12.8. The number of aromatic nitrogens is 1. The molecule has 1 atom stereocenters. The number of aryl methyl sites for hydroxylation is 1. The quantitative estimate of drug-likeness (QED) is 0.0335. The first-order valence-corrected chi connectivity index (χ1v) is 26.2. The number of carbonyl (C=O) groups excluding carboxylic acids is 3. The van der Waals surface area contributed by atoms with Crippen LogP contribution in [0.1, 0.15) is 79.5 Å². The number of nitrogens with one attached hydrogen (secondary N) is 3. The zero-order valence-electron chi connectivity index (χ0n) is 40.7. The van der Waals surface area contributed by atoms with Gasteiger partial charge < -0.3 is 19.2 Å². The number of methoxy groups -OCH3 is 1. The average Bonchev–Trinajstić information content (AvgIpc) is 3.74. The van der Waals surface area contributed by atoms with Crippen molar-refractivity contribution < 1.29 is 45.1 Å². The molecule has 0 saturated heterocycles. The third kappa shape index (κ3) is 12.5. The third-order valence-corrected chi connectivity index (χ3v) is 13.9. The average molecular weight is 1030 g/mol. The first-order valence-electron chi connectivity index (χ1n) is 22.5.